The summed E-state index contributed by atoms with van der Waals surface area (Å²) < 4.78 is 19.4. The zero-order valence-corrected chi connectivity index (χ0v) is 12.7. The molecule has 120 valence electrons. The summed E-state index contributed by atoms with van der Waals surface area (Å²) in [6, 6.07) is 15.3. The monoisotopic (exact) mass is 323 g/mol. The van der Waals surface area contributed by atoms with Crippen molar-refractivity contribution in [2.24, 2.45) is 0 Å². The van der Waals surface area contributed by atoms with Crippen LogP contribution in [0.15, 0.2) is 65.9 Å². The van der Waals surface area contributed by atoms with Crippen LogP contribution in [0.25, 0.3) is 0 Å². The maximum Gasteiger partial charge on any atom is 0.336 e. The van der Waals surface area contributed by atoms with Gasteiger partial charge >= 0.3 is 5.97 Å². The third-order valence-corrected chi connectivity index (χ3v) is 4.41. The molecule has 0 unspecified atom stereocenters. The standard InChI is InChI=1S/C19H14FNO3/c20-15-9-5-4-8-13(15)14-10-17(22)21(12-6-2-1-3-7-12)16-11-24-19(23)18(14)16/h1-9,14H,10-11H2/t14-/m1/s1. The Labute approximate surface area is 138 Å². The second kappa shape index (κ2) is 5.60. The lowest BCUT2D eigenvalue weighted by molar-refractivity contribution is -0.136. The molecule has 1 amide bonds. The number of carbonyl (C=O) groups is 2. The summed E-state index contributed by atoms with van der Waals surface area (Å²) in [5.41, 5.74) is 1.92. The zero-order chi connectivity index (χ0) is 16.7. The highest BCUT2D eigenvalue weighted by Crippen LogP contribution is 2.42. The van der Waals surface area contributed by atoms with Gasteiger partial charge in [0, 0.05) is 18.0 Å². The number of cyclic esters (lactones) is 1. The van der Waals surface area contributed by atoms with Gasteiger partial charge in [-0.2, -0.15) is 0 Å². The van der Waals surface area contributed by atoms with Gasteiger partial charge in [-0.15, -0.1) is 0 Å². The smallest absolute Gasteiger partial charge is 0.336 e. The predicted molar refractivity (Wildman–Crippen MR) is 85.7 cm³/mol. The SMILES string of the molecule is O=C1OCC2=C1[C@@H](c1ccccc1F)CC(=O)N2c1ccccc1. The van der Waals surface area contributed by atoms with Crippen molar-refractivity contribution in [2.45, 2.75) is 12.3 Å². The summed E-state index contributed by atoms with van der Waals surface area (Å²) in [7, 11) is 0. The first-order chi connectivity index (χ1) is 11.7. The molecule has 2 aliphatic heterocycles. The quantitative estimate of drug-likeness (QED) is 0.798. The highest BCUT2D eigenvalue weighted by Gasteiger charge is 2.43. The molecule has 4 rings (SSSR count). The maximum atomic E-state index is 14.2. The Balaban J connectivity index is 1.86. The molecular weight excluding hydrogens is 309 g/mol. The number of ether oxygens (including phenoxy) is 1. The van der Waals surface area contributed by atoms with Crippen LogP contribution < -0.4 is 4.90 Å². The third kappa shape index (κ3) is 2.21. The second-order valence-corrected chi connectivity index (χ2v) is 5.78. The number of hydrogen-bond donors (Lipinski definition) is 0. The van der Waals surface area contributed by atoms with Gasteiger partial charge in [0.05, 0.1) is 11.3 Å². The molecule has 0 saturated carbocycles. The zero-order valence-electron chi connectivity index (χ0n) is 12.7. The summed E-state index contributed by atoms with van der Waals surface area (Å²) >= 11 is 0. The molecule has 0 radical (unpaired) electrons. The molecule has 0 aliphatic carbocycles. The minimum atomic E-state index is -0.608. The average molecular weight is 323 g/mol. The maximum absolute atomic E-state index is 14.2. The summed E-state index contributed by atoms with van der Waals surface area (Å²) in [5.74, 6) is -1.68. The second-order valence-electron chi connectivity index (χ2n) is 5.78. The van der Waals surface area contributed by atoms with Crippen molar-refractivity contribution in [3.8, 4) is 0 Å². The summed E-state index contributed by atoms with van der Waals surface area (Å²) in [6.45, 7) is 0.0275. The minimum absolute atomic E-state index is 0.0275. The Bertz CT molecular complexity index is 860. The average Bonchev–Trinajstić information content (AvgIpc) is 2.97. The molecule has 0 bridgehead atoms. The van der Waals surface area contributed by atoms with Crippen LogP contribution in [0.5, 0.6) is 0 Å². The van der Waals surface area contributed by atoms with Crippen LogP contribution in [0.2, 0.25) is 0 Å². The number of anilines is 1. The fourth-order valence-electron chi connectivity index (χ4n) is 3.35. The van der Waals surface area contributed by atoms with Crippen molar-refractivity contribution in [3.63, 3.8) is 0 Å². The molecule has 0 aromatic heterocycles. The van der Waals surface area contributed by atoms with Crippen LogP contribution in [0.4, 0.5) is 10.1 Å². The largest absolute Gasteiger partial charge is 0.456 e. The molecule has 2 heterocycles. The lowest BCUT2D eigenvalue weighted by atomic mass is 9.84. The van der Waals surface area contributed by atoms with Gasteiger partial charge in [0.2, 0.25) is 5.91 Å². The summed E-state index contributed by atoms with van der Waals surface area (Å²) in [6.07, 6.45) is 0.0315. The Hall–Kier alpha value is -2.95. The number of hydrogen-bond acceptors (Lipinski definition) is 3. The molecule has 2 aromatic carbocycles. The number of amides is 1. The van der Waals surface area contributed by atoms with E-state index in [1.54, 1.807) is 30.3 Å². The Morgan fingerprint density at radius 3 is 2.46 bits per heavy atom. The molecule has 2 aromatic rings. The topological polar surface area (TPSA) is 46.6 Å². The van der Waals surface area contributed by atoms with Crippen molar-refractivity contribution in [1.29, 1.82) is 0 Å². The van der Waals surface area contributed by atoms with Gasteiger partial charge in [-0.1, -0.05) is 36.4 Å². The fourth-order valence-corrected chi connectivity index (χ4v) is 3.35. The van der Waals surface area contributed by atoms with Crippen molar-refractivity contribution in [1.82, 2.24) is 0 Å². The van der Waals surface area contributed by atoms with Gasteiger partial charge in [0.15, 0.2) is 0 Å². The van der Waals surface area contributed by atoms with Crippen LogP contribution in [0.3, 0.4) is 0 Å². The molecule has 0 saturated heterocycles. The Kier molecular flexibility index (Phi) is 3.41. The summed E-state index contributed by atoms with van der Waals surface area (Å²) in [5, 5.41) is 0. The van der Waals surface area contributed by atoms with E-state index in [1.807, 2.05) is 18.2 Å². The molecule has 0 N–H and O–H groups in total. The van der Waals surface area contributed by atoms with E-state index in [9.17, 15) is 14.0 Å². The predicted octanol–water partition coefficient (Wildman–Crippen LogP) is 3.16. The Morgan fingerprint density at radius 2 is 1.71 bits per heavy atom. The first kappa shape index (κ1) is 14.6. The van der Waals surface area contributed by atoms with E-state index in [0.717, 1.165) is 0 Å². The lowest BCUT2D eigenvalue weighted by Gasteiger charge is -2.31. The van der Waals surface area contributed by atoms with Crippen molar-refractivity contribution >= 4 is 17.6 Å². The third-order valence-electron chi connectivity index (χ3n) is 4.41. The van der Waals surface area contributed by atoms with Gasteiger partial charge in [0.25, 0.3) is 0 Å². The number of halogens is 1. The van der Waals surface area contributed by atoms with Crippen LogP contribution in [0, 0.1) is 5.82 Å². The van der Waals surface area contributed by atoms with E-state index in [0.29, 0.717) is 22.5 Å². The van der Waals surface area contributed by atoms with E-state index in [-0.39, 0.29) is 18.9 Å². The number of para-hydroxylation sites is 1. The van der Waals surface area contributed by atoms with Crippen molar-refractivity contribution < 1.29 is 18.7 Å². The van der Waals surface area contributed by atoms with Gasteiger partial charge in [-0.25, -0.2) is 9.18 Å². The molecule has 1 atom stereocenters. The first-order valence-electron chi connectivity index (χ1n) is 7.69. The van der Waals surface area contributed by atoms with E-state index in [2.05, 4.69) is 0 Å². The highest BCUT2D eigenvalue weighted by molar-refractivity contribution is 6.06. The molecule has 0 fully saturated rings. The number of nitrogens with zero attached hydrogens (tertiary/aromatic N) is 1. The molecule has 24 heavy (non-hydrogen) atoms. The van der Waals surface area contributed by atoms with Crippen molar-refractivity contribution in [2.75, 3.05) is 11.5 Å². The number of benzene rings is 2. The molecular formula is C19H14FNO3. The van der Waals surface area contributed by atoms with Crippen molar-refractivity contribution in [3.05, 3.63) is 77.2 Å². The molecule has 4 nitrogen and oxygen atoms in total. The fraction of sp³-hybridized carbons (Fsp3) is 0.158. The lowest BCUT2D eigenvalue weighted by Crippen LogP contribution is -2.37. The normalized spacial score (nSPS) is 20.2. The number of rotatable bonds is 2. The highest BCUT2D eigenvalue weighted by atomic mass is 19.1. The Morgan fingerprint density at radius 1 is 1.00 bits per heavy atom. The van der Waals surface area contributed by atoms with E-state index < -0.39 is 17.7 Å². The van der Waals surface area contributed by atoms with E-state index in [1.165, 1.54) is 11.0 Å². The molecule has 0 spiro atoms. The van der Waals surface area contributed by atoms with Gasteiger partial charge in [-0.05, 0) is 23.8 Å². The van der Waals surface area contributed by atoms with Gasteiger partial charge in [0.1, 0.15) is 12.4 Å². The number of carbonyl (C=O) groups excluding carboxylic acids is 2. The van der Waals surface area contributed by atoms with E-state index >= 15 is 0 Å². The van der Waals surface area contributed by atoms with Crippen LogP contribution >= 0.6 is 0 Å². The minimum Gasteiger partial charge on any atom is -0.456 e. The van der Waals surface area contributed by atoms with Crippen LogP contribution in [-0.2, 0) is 14.3 Å². The first-order valence-corrected chi connectivity index (χ1v) is 7.69. The van der Waals surface area contributed by atoms with Crippen LogP contribution in [-0.4, -0.2) is 18.5 Å². The van der Waals surface area contributed by atoms with Gasteiger partial charge in [-0.3, -0.25) is 9.69 Å². The van der Waals surface area contributed by atoms with E-state index in [4.69, 9.17) is 4.74 Å². The van der Waals surface area contributed by atoms with Gasteiger partial charge < -0.3 is 4.74 Å². The molecule has 5 heteroatoms. The summed E-state index contributed by atoms with van der Waals surface area (Å²) in [4.78, 5) is 26.5. The number of esters is 1. The van der Waals surface area contributed by atoms with Crippen LogP contribution in [0.1, 0.15) is 17.9 Å². The molecule has 2 aliphatic rings.